The molecule has 0 saturated carbocycles. The fourth-order valence-electron chi connectivity index (χ4n) is 2.91. The summed E-state index contributed by atoms with van der Waals surface area (Å²) in [6, 6.07) is 18.3. The first kappa shape index (κ1) is 14.9. The van der Waals surface area contributed by atoms with Crippen LogP contribution in [0.4, 0.5) is 0 Å². The van der Waals surface area contributed by atoms with Gasteiger partial charge in [0.05, 0.1) is 5.75 Å². The highest BCUT2D eigenvalue weighted by Gasteiger charge is 2.27. The number of allylic oxidation sites excluding steroid dienone is 2. The van der Waals surface area contributed by atoms with Crippen LogP contribution in [0.1, 0.15) is 5.56 Å². The third-order valence-corrected chi connectivity index (χ3v) is 5.31. The number of rotatable bonds is 2. The van der Waals surface area contributed by atoms with Gasteiger partial charge in [-0.1, -0.05) is 54.6 Å². The minimum atomic E-state index is -3.37. The summed E-state index contributed by atoms with van der Waals surface area (Å²) in [5.41, 5.74) is 4.07. The monoisotopic (exact) mass is 336 g/mol. The lowest BCUT2D eigenvalue weighted by Crippen LogP contribution is -2.37. The van der Waals surface area contributed by atoms with E-state index in [4.69, 9.17) is 0 Å². The first-order valence-electron chi connectivity index (χ1n) is 7.76. The Labute approximate surface area is 141 Å². The summed E-state index contributed by atoms with van der Waals surface area (Å²) < 4.78 is 27.7. The van der Waals surface area contributed by atoms with Crippen LogP contribution in [0.3, 0.4) is 0 Å². The molecule has 2 heterocycles. The van der Waals surface area contributed by atoms with Crippen LogP contribution < -0.4 is 0 Å². The summed E-state index contributed by atoms with van der Waals surface area (Å²) in [4.78, 5) is 1.89. The smallest absolute Gasteiger partial charge is 0.256 e. The molecule has 4 rings (SSSR count). The molecule has 2 aromatic rings. The van der Waals surface area contributed by atoms with Crippen LogP contribution in [-0.2, 0) is 10.0 Å². The zero-order valence-electron chi connectivity index (χ0n) is 13.0. The summed E-state index contributed by atoms with van der Waals surface area (Å²) in [5, 5.41) is 0. The Balaban J connectivity index is 1.72. The lowest BCUT2D eigenvalue weighted by atomic mass is 9.98. The molecule has 0 spiro atoms. The summed E-state index contributed by atoms with van der Waals surface area (Å²) in [7, 11) is -3.37. The van der Waals surface area contributed by atoms with Crippen molar-refractivity contribution in [2.75, 3.05) is 12.3 Å². The molecule has 0 unspecified atom stereocenters. The number of sulfonamides is 1. The SMILES string of the molecule is O=S1(=O)CCN2C=CC=C(c3ccc(-c4ccccc4)cc3)C2=N1. The standard InChI is InChI=1S/C19H16N2O2S/c22-24(23)14-13-21-12-4-7-18(19(21)20-24)17-10-8-16(9-11-17)15-5-2-1-3-6-15/h1-12H,13-14H2. The molecule has 0 aromatic heterocycles. The molecule has 2 aliphatic heterocycles. The number of hydrogen-bond donors (Lipinski definition) is 0. The lowest BCUT2D eigenvalue weighted by molar-refractivity contribution is 0.550. The first-order chi connectivity index (χ1) is 11.6. The van der Waals surface area contributed by atoms with Crippen molar-refractivity contribution < 1.29 is 8.42 Å². The van der Waals surface area contributed by atoms with E-state index < -0.39 is 10.0 Å². The quantitative estimate of drug-likeness (QED) is 0.845. The number of amidine groups is 1. The highest BCUT2D eigenvalue weighted by Crippen LogP contribution is 2.27. The Morgan fingerprint density at radius 2 is 1.54 bits per heavy atom. The summed E-state index contributed by atoms with van der Waals surface area (Å²) in [6.07, 6.45) is 5.71. The van der Waals surface area contributed by atoms with Gasteiger partial charge in [-0.2, -0.15) is 0 Å². The molecule has 0 bridgehead atoms. The van der Waals surface area contributed by atoms with Gasteiger partial charge in [0.25, 0.3) is 10.0 Å². The van der Waals surface area contributed by atoms with Crippen molar-refractivity contribution in [1.29, 1.82) is 0 Å². The average Bonchev–Trinajstić information content (AvgIpc) is 2.61. The molecule has 2 aliphatic rings. The van der Waals surface area contributed by atoms with Crippen LogP contribution in [0, 0.1) is 0 Å². The minimum Gasteiger partial charge on any atom is -0.331 e. The van der Waals surface area contributed by atoms with Crippen molar-refractivity contribution in [1.82, 2.24) is 4.90 Å². The third-order valence-electron chi connectivity index (χ3n) is 4.16. The van der Waals surface area contributed by atoms with Crippen molar-refractivity contribution in [2.24, 2.45) is 4.40 Å². The van der Waals surface area contributed by atoms with Gasteiger partial charge in [-0.3, -0.25) is 0 Å². The predicted octanol–water partition coefficient (Wildman–Crippen LogP) is 3.31. The average molecular weight is 336 g/mol. The predicted molar refractivity (Wildman–Crippen MR) is 96.9 cm³/mol. The molecule has 0 fully saturated rings. The van der Waals surface area contributed by atoms with Crippen molar-refractivity contribution >= 4 is 21.4 Å². The molecular formula is C19H16N2O2S. The molecule has 0 radical (unpaired) electrons. The molecule has 24 heavy (non-hydrogen) atoms. The third kappa shape index (κ3) is 2.78. The Morgan fingerprint density at radius 3 is 2.29 bits per heavy atom. The molecule has 0 aliphatic carbocycles. The number of benzene rings is 2. The normalized spacial score (nSPS) is 18.6. The Bertz CT molecular complexity index is 956. The van der Waals surface area contributed by atoms with Crippen molar-refractivity contribution in [2.45, 2.75) is 0 Å². The highest BCUT2D eigenvalue weighted by atomic mass is 32.2. The van der Waals surface area contributed by atoms with E-state index in [2.05, 4.69) is 16.5 Å². The van der Waals surface area contributed by atoms with Crippen LogP contribution in [0.2, 0.25) is 0 Å². The van der Waals surface area contributed by atoms with Crippen LogP contribution in [-0.4, -0.2) is 31.5 Å². The van der Waals surface area contributed by atoms with Gasteiger partial charge < -0.3 is 4.90 Å². The number of nitrogens with zero attached hydrogens (tertiary/aromatic N) is 2. The van der Waals surface area contributed by atoms with E-state index in [1.54, 1.807) is 0 Å². The summed E-state index contributed by atoms with van der Waals surface area (Å²) >= 11 is 0. The molecule has 2 aromatic carbocycles. The van der Waals surface area contributed by atoms with Crippen LogP contribution >= 0.6 is 0 Å². The highest BCUT2D eigenvalue weighted by molar-refractivity contribution is 7.90. The van der Waals surface area contributed by atoms with E-state index in [0.29, 0.717) is 12.4 Å². The van der Waals surface area contributed by atoms with E-state index in [-0.39, 0.29) is 5.75 Å². The maximum absolute atomic E-state index is 11.9. The molecule has 120 valence electrons. The van der Waals surface area contributed by atoms with E-state index in [0.717, 1.165) is 22.3 Å². The van der Waals surface area contributed by atoms with Gasteiger partial charge in [0.2, 0.25) is 0 Å². The molecule has 5 heteroatoms. The maximum atomic E-state index is 11.9. The second-order valence-electron chi connectivity index (χ2n) is 5.76. The van der Waals surface area contributed by atoms with Crippen molar-refractivity contribution in [3.05, 3.63) is 78.5 Å². The second-order valence-corrected chi connectivity index (χ2v) is 7.51. The Morgan fingerprint density at radius 1 is 0.875 bits per heavy atom. The molecule has 4 nitrogen and oxygen atoms in total. The number of fused-ring (bicyclic) bond motifs is 1. The second kappa shape index (κ2) is 5.76. The van der Waals surface area contributed by atoms with E-state index in [9.17, 15) is 8.42 Å². The van der Waals surface area contributed by atoms with Crippen molar-refractivity contribution in [3.63, 3.8) is 0 Å². The van der Waals surface area contributed by atoms with Gasteiger partial charge in [-0.05, 0) is 28.8 Å². The number of hydrogen-bond acceptors (Lipinski definition) is 3. The van der Waals surface area contributed by atoms with Gasteiger partial charge in [0.1, 0.15) is 0 Å². The molecular weight excluding hydrogens is 320 g/mol. The summed E-state index contributed by atoms with van der Waals surface area (Å²) in [5.74, 6) is 0.567. The maximum Gasteiger partial charge on any atom is 0.256 e. The van der Waals surface area contributed by atoms with E-state index in [1.165, 1.54) is 0 Å². The van der Waals surface area contributed by atoms with Gasteiger partial charge in [0, 0.05) is 18.3 Å². The summed E-state index contributed by atoms with van der Waals surface area (Å²) in [6.45, 7) is 0.442. The Kier molecular flexibility index (Phi) is 3.58. The fraction of sp³-hybridized carbons (Fsp3) is 0.105. The fourth-order valence-corrected chi connectivity index (χ4v) is 3.90. The van der Waals surface area contributed by atoms with Gasteiger partial charge in [-0.25, -0.2) is 8.42 Å². The molecule has 0 amide bonds. The van der Waals surface area contributed by atoms with Crippen molar-refractivity contribution in [3.8, 4) is 11.1 Å². The Hall–Kier alpha value is -2.66. The first-order valence-corrected chi connectivity index (χ1v) is 9.37. The largest absolute Gasteiger partial charge is 0.331 e. The lowest BCUT2D eigenvalue weighted by Gasteiger charge is -2.29. The molecule has 0 N–H and O–H groups in total. The van der Waals surface area contributed by atoms with E-state index in [1.807, 2.05) is 65.7 Å². The van der Waals surface area contributed by atoms with Crippen LogP contribution in [0.25, 0.3) is 16.7 Å². The minimum absolute atomic E-state index is 0.0566. The zero-order valence-corrected chi connectivity index (χ0v) is 13.8. The van der Waals surface area contributed by atoms with Gasteiger partial charge >= 0.3 is 0 Å². The van der Waals surface area contributed by atoms with Crippen LogP contribution in [0.5, 0.6) is 0 Å². The van der Waals surface area contributed by atoms with E-state index >= 15 is 0 Å². The molecule has 0 atom stereocenters. The zero-order chi connectivity index (χ0) is 16.6. The molecule has 0 saturated heterocycles. The topological polar surface area (TPSA) is 49.7 Å². The van der Waals surface area contributed by atoms with Crippen LogP contribution in [0.15, 0.2) is 77.3 Å². The van der Waals surface area contributed by atoms with Gasteiger partial charge in [-0.15, -0.1) is 4.40 Å². The van der Waals surface area contributed by atoms with Gasteiger partial charge in [0.15, 0.2) is 5.84 Å².